The highest BCUT2D eigenvalue weighted by atomic mass is 35.5. The van der Waals surface area contributed by atoms with Crippen molar-refractivity contribution in [2.45, 2.75) is 18.4 Å². The number of halogens is 1. The molecule has 3 N–H and O–H groups in total. The van der Waals surface area contributed by atoms with Gasteiger partial charge in [0.1, 0.15) is 11.5 Å². The first-order valence-electron chi connectivity index (χ1n) is 11.9. The van der Waals surface area contributed by atoms with Crippen molar-refractivity contribution in [3.05, 3.63) is 93.6 Å². The molecule has 0 saturated heterocycles. The van der Waals surface area contributed by atoms with E-state index in [-0.39, 0.29) is 11.5 Å². The topological polar surface area (TPSA) is 140 Å². The average molecular weight is 561 g/mol. The van der Waals surface area contributed by atoms with Crippen molar-refractivity contribution in [3.8, 4) is 33.6 Å². The lowest BCUT2D eigenvalue weighted by molar-refractivity contribution is -0.620. The van der Waals surface area contributed by atoms with Gasteiger partial charge in [0.05, 0.1) is 12.8 Å². The van der Waals surface area contributed by atoms with Crippen LogP contribution in [-0.4, -0.2) is 37.9 Å². The number of imidazole rings is 1. The number of aromatic amines is 1. The summed E-state index contributed by atoms with van der Waals surface area (Å²) in [4.78, 5) is 19.1. The quantitative estimate of drug-likeness (QED) is 0.205. The number of fused-ring (bicyclic) bond motifs is 1. The first kappa shape index (κ1) is 25.0. The number of methoxy groups -OCH3 is 1. The van der Waals surface area contributed by atoms with E-state index in [4.69, 9.17) is 11.6 Å². The SMILES string of the molecule is COC(=O)Nc1ccc(-c2c[nH]c(C3(O)CCc4cc(-c5cc(Cl)ccc5-c5csnn5)c[n+]([O-])c43)n2)cc1. The molecule has 1 aliphatic carbocycles. The fourth-order valence-corrected chi connectivity index (χ4v) is 5.54. The van der Waals surface area contributed by atoms with Crippen LogP contribution in [0.4, 0.5) is 10.5 Å². The third-order valence-corrected chi connectivity index (χ3v) is 7.51. The number of anilines is 1. The molecule has 5 aromatic rings. The molecular weight excluding hydrogens is 540 g/mol. The van der Waals surface area contributed by atoms with E-state index in [1.54, 1.807) is 42.6 Å². The zero-order valence-corrected chi connectivity index (χ0v) is 22.1. The van der Waals surface area contributed by atoms with E-state index < -0.39 is 11.7 Å². The standard InChI is InChI=1S/C27H21ClN6O4S/c1-38-26(35)30-19-5-2-15(3-6-19)22-12-29-25(31-22)27(36)9-8-16-10-17(13-34(37)24(16)27)21-11-18(28)4-7-20(21)23-14-39-33-32-23/h2-7,10-14,36H,8-9H2,1H3,(H,29,31)(H,30,35). The lowest BCUT2D eigenvalue weighted by Gasteiger charge is -2.20. The van der Waals surface area contributed by atoms with Gasteiger partial charge in [0, 0.05) is 44.5 Å². The minimum atomic E-state index is -1.59. The van der Waals surface area contributed by atoms with Gasteiger partial charge in [0.15, 0.2) is 6.20 Å². The van der Waals surface area contributed by atoms with Gasteiger partial charge in [0.2, 0.25) is 11.3 Å². The molecule has 1 amide bonds. The Kier molecular flexibility index (Phi) is 6.26. The average Bonchev–Trinajstić information content (AvgIpc) is 3.70. The summed E-state index contributed by atoms with van der Waals surface area (Å²) < 4.78 is 9.28. The van der Waals surface area contributed by atoms with Gasteiger partial charge in [-0.15, -0.1) is 5.10 Å². The molecule has 2 aromatic carbocycles. The minimum absolute atomic E-state index is 0.240. The van der Waals surface area contributed by atoms with Crippen LogP contribution in [0.2, 0.25) is 5.02 Å². The molecule has 3 aromatic heterocycles. The number of carbonyl (C=O) groups excluding carboxylic acids is 1. The predicted octanol–water partition coefficient (Wildman–Crippen LogP) is 4.91. The number of amides is 1. The lowest BCUT2D eigenvalue weighted by Crippen LogP contribution is -2.42. The molecule has 0 fully saturated rings. The molecule has 0 radical (unpaired) electrons. The minimum Gasteiger partial charge on any atom is -0.618 e. The number of hydrogen-bond acceptors (Lipinski definition) is 8. The van der Waals surface area contributed by atoms with Gasteiger partial charge in [-0.05, 0) is 60.3 Å². The Morgan fingerprint density at radius 1 is 1.18 bits per heavy atom. The number of aliphatic hydroxyl groups is 1. The van der Waals surface area contributed by atoms with Crippen LogP contribution >= 0.6 is 23.1 Å². The highest BCUT2D eigenvalue weighted by Crippen LogP contribution is 2.42. The normalized spacial score (nSPS) is 16.2. The molecule has 6 rings (SSSR count). The largest absolute Gasteiger partial charge is 0.618 e. The van der Waals surface area contributed by atoms with Crippen LogP contribution in [0.25, 0.3) is 33.6 Å². The number of ether oxygens (including phenoxy) is 1. The summed E-state index contributed by atoms with van der Waals surface area (Å²) in [7, 11) is 1.29. The number of H-pyrrole nitrogens is 1. The number of nitrogens with zero attached hydrogens (tertiary/aromatic N) is 4. The summed E-state index contributed by atoms with van der Waals surface area (Å²) in [5.41, 5.74) is 4.23. The molecule has 0 aliphatic heterocycles. The molecule has 12 heteroatoms. The van der Waals surface area contributed by atoms with Gasteiger partial charge >= 0.3 is 6.09 Å². The van der Waals surface area contributed by atoms with E-state index in [1.807, 2.05) is 17.5 Å². The molecule has 1 unspecified atom stereocenters. The monoisotopic (exact) mass is 560 g/mol. The Balaban J connectivity index is 1.33. The molecule has 10 nitrogen and oxygen atoms in total. The number of benzene rings is 2. The molecule has 0 spiro atoms. The Labute approximate surface area is 231 Å². The molecular formula is C27H21ClN6O4S. The Bertz CT molecular complexity index is 1690. The fraction of sp³-hybridized carbons (Fsp3) is 0.148. The number of aryl methyl sites for hydroxylation is 1. The van der Waals surface area contributed by atoms with E-state index in [2.05, 4.69) is 29.6 Å². The van der Waals surface area contributed by atoms with Crippen LogP contribution in [0, 0.1) is 5.21 Å². The smallest absolute Gasteiger partial charge is 0.411 e. The van der Waals surface area contributed by atoms with E-state index in [1.165, 1.54) is 24.8 Å². The third-order valence-electron chi connectivity index (χ3n) is 6.77. The van der Waals surface area contributed by atoms with Crippen molar-refractivity contribution in [2.75, 3.05) is 12.4 Å². The molecule has 1 atom stereocenters. The second-order valence-corrected chi connectivity index (χ2v) is 10.1. The second kappa shape index (κ2) is 9.77. The molecule has 3 heterocycles. The lowest BCUT2D eigenvalue weighted by atomic mass is 9.96. The van der Waals surface area contributed by atoms with Crippen LogP contribution in [-0.2, 0) is 16.8 Å². The van der Waals surface area contributed by atoms with Crippen LogP contribution < -0.4 is 10.0 Å². The van der Waals surface area contributed by atoms with Gasteiger partial charge in [-0.3, -0.25) is 5.32 Å². The summed E-state index contributed by atoms with van der Waals surface area (Å²) in [6, 6.07) is 14.4. The van der Waals surface area contributed by atoms with Crippen molar-refractivity contribution in [3.63, 3.8) is 0 Å². The Morgan fingerprint density at radius 2 is 2.00 bits per heavy atom. The molecule has 0 bridgehead atoms. The van der Waals surface area contributed by atoms with Crippen LogP contribution in [0.1, 0.15) is 23.5 Å². The number of pyridine rings is 1. The van der Waals surface area contributed by atoms with Gasteiger partial charge in [-0.2, -0.15) is 4.73 Å². The fourth-order valence-electron chi connectivity index (χ4n) is 4.91. The van der Waals surface area contributed by atoms with E-state index in [0.717, 1.165) is 27.0 Å². The van der Waals surface area contributed by atoms with E-state index in [9.17, 15) is 15.1 Å². The maximum absolute atomic E-state index is 13.4. The van der Waals surface area contributed by atoms with Crippen LogP contribution in [0.3, 0.4) is 0 Å². The summed E-state index contributed by atoms with van der Waals surface area (Å²) in [5.74, 6) is 0.280. The van der Waals surface area contributed by atoms with Gasteiger partial charge in [-0.25, -0.2) is 9.78 Å². The number of rotatable bonds is 5. The summed E-state index contributed by atoms with van der Waals surface area (Å²) in [5, 5.41) is 34.3. The number of aromatic nitrogens is 5. The molecule has 0 saturated carbocycles. The van der Waals surface area contributed by atoms with Crippen molar-refractivity contribution in [2.24, 2.45) is 0 Å². The predicted molar refractivity (Wildman–Crippen MR) is 146 cm³/mol. The maximum atomic E-state index is 13.4. The Morgan fingerprint density at radius 3 is 2.74 bits per heavy atom. The van der Waals surface area contributed by atoms with Crippen molar-refractivity contribution < 1.29 is 19.4 Å². The van der Waals surface area contributed by atoms with Crippen molar-refractivity contribution >= 4 is 34.9 Å². The summed E-state index contributed by atoms with van der Waals surface area (Å²) in [6.07, 6.45) is 3.34. The Hall–Kier alpha value is -4.32. The highest BCUT2D eigenvalue weighted by Gasteiger charge is 2.48. The summed E-state index contributed by atoms with van der Waals surface area (Å²) >= 11 is 7.55. The first-order chi connectivity index (χ1) is 18.9. The summed E-state index contributed by atoms with van der Waals surface area (Å²) in [6.45, 7) is 0. The second-order valence-electron chi connectivity index (χ2n) is 9.10. The van der Waals surface area contributed by atoms with Crippen molar-refractivity contribution in [1.82, 2.24) is 19.6 Å². The number of hydrogen-bond donors (Lipinski definition) is 3. The molecule has 196 valence electrons. The highest BCUT2D eigenvalue weighted by molar-refractivity contribution is 7.03. The van der Waals surface area contributed by atoms with Gasteiger partial charge < -0.3 is 20.0 Å². The molecule has 1 aliphatic rings. The zero-order chi connectivity index (χ0) is 27.1. The zero-order valence-electron chi connectivity index (χ0n) is 20.5. The first-order valence-corrected chi connectivity index (χ1v) is 13.1. The number of nitrogens with one attached hydrogen (secondary N) is 2. The maximum Gasteiger partial charge on any atom is 0.411 e. The van der Waals surface area contributed by atoms with E-state index >= 15 is 0 Å². The number of carbonyl (C=O) groups is 1. The van der Waals surface area contributed by atoms with Crippen molar-refractivity contribution in [1.29, 1.82) is 0 Å². The van der Waals surface area contributed by atoms with Gasteiger partial charge in [0.25, 0.3) is 0 Å². The molecule has 39 heavy (non-hydrogen) atoms. The van der Waals surface area contributed by atoms with E-state index in [0.29, 0.717) is 40.5 Å². The van der Waals surface area contributed by atoms with Gasteiger partial charge in [-0.1, -0.05) is 34.3 Å². The van der Waals surface area contributed by atoms with Crippen LogP contribution in [0.15, 0.2) is 66.3 Å². The third kappa shape index (κ3) is 4.50. The van der Waals surface area contributed by atoms with Crippen LogP contribution in [0.5, 0.6) is 0 Å².